The van der Waals surface area contributed by atoms with Gasteiger partial charge in [0.05, 0.1) is 11.3 Å². The molecule has 0 N–H and O–H groups in total. The average Bonchev–Trinajstić information content (AvgIpc) is 2.53. The summed E-state index contributed by atoms with van der Waals surface area (Å²) in [6, 6.07) is 5.97. The van der Waals surface area contributed by atoms with Crippen LogP contribution in [0.2, 0.25) is 0 Å². The lowest BCUT2D eigenvalue weighted by molar-refractivity contribution is -0.137. The van der Waals surface area contributed by atoms with Gasteiger partial charge in [0, 0.05) is 25.4 Å². The number of halogens is 3. The van der Waals surface area contributed by atoms with Crippen LogP contribution in [0.1, 0.15) is 28.7 Å². The van der Waals surface area contributed by atoms with Crippen LogP contribution in [0.3, 0.4) is 0 Å². The van der Waals surface area contributed by atoms with Crippen molar-refractivity contribution in [1.82, 2.24) is 14.7 Å². The number of hydrogen-bond acceptors (Lipinski definition) is 3. The zero-order chi connectivity index (χ0) is 18.1. The average molecular weight is 339 g/mol. The number of rotatable bonds is 3. The van der Waals surface area contributed by atoms with Gasteiger partial charge in [0.1, 0.15) is 0 Å². The van der Waals surface area contributed by atoms with Gasteiger partial charge in [-0.2, -0.15) is 18.3 Å². The molecule has 128 valence electrons. The predicted molar refractivity (Wildman–Crippen MR) is 82.2 cm³/mol. The van der Waals surface area contributed by atoms with Crippen LogP contribution in [-0.4, -0.2) is 34.2 Å². The Morgan fingerprint density at radius 2 is 1.92 bits per heavy atom. The number of alkyl halides is 3. The Hall–Kier alpha value is -2.64. The summed E-state index contributed by atoms with van der Waals surface area (Å²) in [6.07, 6.45) is -4.59. The maximum Gasteiger partial charge on any atom is 0.418 e. The molecule has 0 aliphatic heterocycles. The Balaban J connectivity index is 2.70. The van der Waals surface area contributed by atoms with Crippen LogP contribution in [0, 0.1) is 6.92 Å². The SMILES string of the molecule is CCN(C)C(=O)c1nn(-c2ccccc2C(F)(F)F)c(C)cc1=O. The highest BCUT2D eigenvalue weighted by molar-refractivity contribution is 5.91. The molecule has 1 heterocycles. The quantitative estimate of drug-likeness (QED) is 0.864. The molecular weight excluding hydrogens is 323 g/mol. The van der Waals surface area contributed by atoms with Crippen molar-refractivity contribution in [2.75, 3.05) is 13.6 Å². The van der Waals surface area contributed by atoms with E-state index >= 15 is 0 Å². The first-order valence-corrected chi connectivity index (χ1v) is 7.19. The number of carbonyl (C=O) groups excluding carboxylic acids is 1. The summed E-state index contributed by atoms with van der Waals surface area (Å²) in [6.45, 7) is 3.51. The van der Waals surface area contributed by atoms with Gasteiger partial charge >= 0.3 is 6.18 Å². The molecule has 1 aromatic carbocycles. The van der Waals surface area contributed by atoms with E-state index in [2.05, 4.69) is 5.10 Å². The zero-order valence-corrected chi connectivity index (χ0v) is 13.4. The second kappa shape index (κ2) is 6.46. The van der Waals surface area contributed by atoms with Crippen LogP contribution in [-0.2, 0) is 6.18 Å². The van der Waals surface area contributed by atoms with Gasteiger partial charge in [-0.3, -0.25) is 9.59 Å². The maximum atomic E-state index is 13.2. The Morgan fingerprint density at radius 3 is 2.50 bits per heavy atom. The van der Waals surface area contributed by atoms with Crippen LogP contribution in [0.15, 0.2) is 35.1 Å². The number of amides is 1. The molecule has 0 saturated heterocycles. The van der Waals surface area contributed by atoms with Crippen molar-refractivity contribution in [3.8, 4) is 5.69 Å². The highest BCUT2D eigenvalue weighted by atomic mass is 19.4. The molecule has 0 atom stereocenters. The number of benzene rings is 1. The van der Waals surface area contributed by atoms with Gasteiger partial charge in [-0.1, -0.05) is 12.1 Å². The van der Waals surface area contributed by atoms with E-state index in [0.29, 0.717) is 6.54 Å². The van der Waals surface area contributed by atoms with Crippen LogP contribution < -0.4 is 5.43 Å². The molecule has 0 radical (unpaired) electrons. The van der Waals surface area contributed by atoms with Crippen LogP contribution in [0.4, 0.5) is 13.2 Å². The number of aromatic nitrogens is 2. The first kappa shape index (κ1) is 17.7. The van der Waals surface area contributed by atoms with Crippen LogP contribution in [0.25, 0.3) is 5.69 Å². The summed E-state index contributed by atoms with van der Waals surface area (Å²) in [5.74, 6) is -0.638. The molecule has 0 saturated carbocycles. The third-order valence-electron chi connectivity index (χ3n) is 3.57. The molecule has 2 aromatic rings. The zero-order valence-electron chi connectivity index (χ0n) is 13.4. The van der Waals surface area contributed by atoms with E-state index in [1.165, 1.54) is 37.1 Å². The van der Waals surface area contributed by atoms with Crippen molar-refractivity contribution in [1.29, 1.82) is 0 Å². The lowest BCUT2D eigenvalue weighted by atomic mass is 10.1. The lowest BCUT2D eigenvalue weighted by Gasteiger charge is -2.18. The van der Waals surface area contributed by atoms with E-state index in [0.717, 1.165) is 16.8 Å². The van der Waals surface area contributed by atoms with E-state index in [-0.39, 0.29) is 11.4 Å². The fourth-order valence-electron chi connectivity index (χ4n) is 2.16. The number of nitrogens with zero attached hydrogens (tertiary/aromatic N) is 3. The fraction of sp³-hybridized carbons (Fsp3) is 0.312. The van der Waals surface area contributed by atoms with Gasteiger partial charge in [0.15, 0.2) is 5.69 Å². The molecule has 0 aliphatic carbocycles. The van der Waals surface area contributed by atoms with Gasteiger partial charge < -0.3 is 4.90 Å². The van der Waals surface area contributed by atoms with Gasteiger partial charge in [0.2, 0.25) is 5.43 Å². The molecule has 1 amide bonds. The van der Waals surface area contributed by atoms with E-state index in [4.69, 9.17) is 0 Å². The molecule has 0 aliphatic rings. The Bertz CT molecular complexity index is 828. The summed E-state index contributed by atoms with van der Waals surface area (Å²) in [5.41, 5.74) is -1.98. The topological polar surface area (TPSA) is 55.2 Å². The minimum atomic E-state index is -4.59. The molecule has 1 aromatic heterocycles. The molecule has 0 spiro atoms. The minimum absolute atomic E-state index is 0.201. The van der Waals surface area contributed by atoms with Crippen LogP contribution >= 0.6 is 0 Å². The monoisotopic (exact) mass is 339 g/mol. The summed E-state index contributed by atoms with van der Waals surface area (Å²) < 4.78 is 40.6. The van der Waals surface area contributed by atoms with Gasteiger partial charge in [-0.15, -0.1) is 0 Å². The number of hydrogen-bond donors (Lipinski definition) is 0. The smallest absolute Gasteiger partial charge is 0.340 e. The third kappa shape index (κ3) is 3.32. The van der Waals surface area contributed by atoms with Crippen molar-refractivity contribution >= 4 is 5.91 Å². The molecular formula is C16H16F3N3O2. The van der Waals surface area contributed by atoms with E-state index in [9.17, 15) is 22.8 Å². The maximum absolute atomic E-state index is 13.2. The van der Waals surface area contributed by atoms with Crippen molar-refractivity contribution in [3.63, 3.8) is 0 Å². The molecule has 2 rings (SSSR count). The summed E-state index contributed by atoms with van der Waals surface area (Å²) >= 11 is 0. The molecule has 0 bridgehead atoms. The van der Waals surface area contributed by atoms with Crippen molar-refractivity contribution in [2.24, 2.45) is 0 Å². The minimum Gasteiger partial charge on any atom is -0.340 e. The first-order valence-electron chi connectivity index (χ1n) is 7.19. The second-order valence-electron chi connectivity index (χ2n) is 5.24. The van der Waals surface area contributed by atoms with E-state index < -0.39 is 28.8 Å². The first-order chi connectivity index (χ1) is 11.2. The summed E-state index contributed by atoms with van der Waals surface area (Å²) in [4.78, 5) is 25.5. The molecule has 5 nitrogen and oxygen atoms in total. The van der Waals surface area contributed by atoms with Crippen molar-refractivity contribution in [3.05, 3.63) is 57.5 Å². The Kier molecular flexibility index (Phi) is 4.77. The normalized spacial score (nSPS) is 11.4. The molecule has 8 heteroatoms. The van der Waals surface area contributed by atoms with E-state index in [1.54, 1.807) is 6.92 Å². The van der Waals surface area contributed by atoms with Gasteiger partial charge in [0.25, 0.3) is 5.91 Å². The van der Waals surface area contributed by atoms with Gasteiger partial charge in [-0.05, 0) is 26.0 Å². The third-order valence-corrected chi connectivity index (χ3v) is 3.57. The largest absolute Gasteiger partial charge is 0.418 e. The highest BCUT2D eigenvalue weighted by Gasteiger charge is 2.34. The number of para-hydroxylation sites is 1. The number of aryl methyl sites for hydroxylation is 1. The van der Waals surface area contributed by atoms with E-state index in [1.807, 2.05) is 0 Å². The number of carbonyl (C=O) groups is 1. The molecule has 0 unspecified atom stereocenters. The second-order valence-corrected chi connectivity index (χ2v) is 5.24. The highest BCUT2D eigenvalue weighted by Crippen LogP contribution is 2.33. The predicted octanol–water partition coefficient (Wildman–Crippen LogP) is 2.65. The molecule has 24 heavy (non-hydrogen) atoms. The van der Waals surface area contributed by atoms with Crippen molar-refractivity contribution < 1.29 is 18.0 Å². The van der Waals surface area contributed by atoms with Crippen molar-refractivity contribution in [2.45, 2.75) is 20.0 Å². The lowest BCUT2D eigenvalue weighted by Crippen LogP contribution is -2.33. The Morgan fingerprint density at radius 1 is 1.29 bits per heavy atom. The van der Waals surface area contributed by atoms with Crippen LogP contribution in [0.5, 0.6) is 0 Å². The van der Waals surface area contributed by atoms with Gasteiger partial charge in [-0.25, -0.2) is 4.68 Å². The Labute approximate surface area is 136 Å². The molecule has 0 fully saturated rings. The standard InChI is InChI=1S/C16H16F3N3O2/c1-4-21(3)15(24)14-13(23)9-10(2)22(20-14)12-8-6-5-7-11(12)16(17,18)19/h5-9H,4H2,1-3H3. The summed E-state index contributed by atoms with van der Waals surface area (Å²) in [7, 11) is 1.48. The summed E-state index contributed by atoms with van der Waals surface area (Å²) in [5, 5.41) is 3.90. The fourth-order valence-corrected chi connectivity index (χ4v) is 2.16.